The van der Waals surface area contributed by atoms with E-state index in [2.05, 4.69) is 26.8 Å². The summed E-state index contributed by atoms with van der Waals surface area (Å²) in [7, 11) is 0. The highest BCUT2D eigenvalue weighted by atomic mass is 16.5. The second-order valence-electron chi connectivity index (χ2n) is 9.42. The molecule has 5 heteroatoms. The number of hydrogen-bond donors (Lipinski definition) is 2. The van der Waals surface area contributed by atoms with Gasteiger partial charge in [-0.15, -0.1) is 0 Å². The van der Waals surface area contributed by atoms with E-state index in [-0.39, 0.29) is 36.2 Å². The Morgan fingerprint density at radius 1 is 1.37 bits per heavy atom. The molecule has 1 saturated carbocycles. The van der Waals surface area contributed by atoms with Crippen molar-refractivity contribution in [2.24, 2.45) is 28.6 Å². The minimum absolute atomic E-state index is 0.0237. The van der Waals surface area contributed by atoms with Crippen LogP contribution in [-0.2, 0) is 14.3 Å². The molecule has 0 aromatic carbocycles. The minimum Gasteiger partial charge on any atom is -0.481 e. The number of carbonyl (C=O) groups is 2. The van der Waals surface area contributed by atoms with E-state index in [4.69, 9.17) is 9.84 Å². The SMILES string of the molecule is CC(=O)OCC1(C)C(O)CCC2(C)C(CCC(C)CC(=O)O)C(C)=CCC12. The molecule has 27 heavy (non-hydrogen) atoms. The van der Waals surface area contributed by atoms with E-state index >= 15 is 0 Å². The van der Waals surface area contributed by atoms with Gasteiger partial charge in [-0.1, -0.05) is 32.4 Å². The molecular weight excluding hydrogens is 344 g/mol. The van der Waals surface area contributed by atoms with Crippen LogP contribution in [0.1, 0.15) is 73.1 Å². The van der Waals surface area contributed by atoms with Gasteiger partial charge in [0.1, 0.15) is 0 Å². The molecule has 2 rings (SSSR count). The molecule has 0 aromatic rings. The zero-order valence-electron chi connectivity index (χ0n) is 17.5. The van der Waals surface area contributed by atoms with E-state index in [1.165, 1.54) is 12.5 Å². The number of fused-ring (bicyclic) bond motifs is 1. The number of carboxylic acid groups (broad SMARTS) is 1. The summed E-state index contributed by atoms with van der Waals surface area (Å²) >= 11 is 0. The molecule has 2 aliphatic rings. The van der Waals surface area contributed by atoms with Crippen molar-refractivity contribution in [2.75, 3.05) is 6.61 Å². The van der Waals surface area contributed by atoms with E-state index in [9.17, 15) is 14.7 Å². The highest BCUT2D eigenvalue weighted by Crippen LogP contribution is 2.60. The Hall–Kier alpha value is -1.36. The lowest BCUT2D eigenvalue weighted by molar-refractivity contribution is -0.169. The average Bonchev–Trinajstić information content (AvgIpc) is 2.55. The summed E-state index contributed by atoms with van der Waals surface area (Å²) in [5.74, 6) is -0.288. The lowest BCUT2D eigenvalue weighted by Gasteiger charge is -2.59. The zero-order chi connectivity index (χ0) is 20.4. The Labute approximate surface area is 163 Å². The number of aliphatic hydroxyl groups excluding tert-OH is 1. The molecule has 154 valence electrons. The van der Waals surface area contributed by atoms with E-state index in [1.54, 1.807) is 0 Å². The van der Waals surface area contributed by atoms with Crippen LogP contribution >= 0.6 is 0 Å². The van der Waals surface area contributed by atoms with Crippen molar-refractivity contribution in [3.8, 4) is 0 Å². The first-order valence-corrected chi connectivity index (χ1v) is 10.2. The minimum atomic E-state index is -0.739. The van der Waals surface area contributed by atoms with Gasteiger partial charge in [0, 0.05) is 18.8 Å². The van der Waals surface area contributed by atoms with Crippen LogP contribution in [0.25, 0.3) is 0 Å². The van der Waals surface area contributed by atoms with E-state index in [1.807, 2.05) is 6.92 Å². The van der Waals surface area contributed by atoms with Crippen molar-refractivity contribution in [3.05, 3.63) is 11.6 Å². The van der Waals surface area contributed by atoms with Gasteiger partial charge in [0.25, 0.3) is 0 Å². The number of rotatable bonds is 7. The summed E-state index contributed by atoms with van der Waals surface area (Å²) in [6.07, 6.45) is 6.39. The maximum Gasteiger partial charge on any atom is 0.303 e. The normalized spacial score (nSPS) is 37.1. The molecule has 0 radical (unpaired) electrons. The average molecular weight is 381 g/mol. The van der Waals surface area contributed by atoms with Crippen LogP contribution in [-0.4, -0.2) is 34.9 Å². The molecule has 0 aliphatic heterocycles. The highest BCUT2D eigenvalue weighted by molar-refractivity contribution is 5.67. The molecule has 6 atom stereocenters. The third-order valence-electron chi connectivity index (χ3n) is 7.39. The molecule has 0 bridgehead atoms. The highest BCUT2D eigenvalue weighted by Gasteiger charge is 2.57. The molecule has 2 N–H and O–H groups in total. The van der Waals surface area contributed by atoms with E-state index in [0.717, 1.165) is 25.7 Å². The fourth-order valence-electron chi connectivity index (χ4n) is 5.72. The van der Waals surface area contributed by atoms with Gasteiger partial charge in [-0.2, -0.15) is 0 Å². The van der Waals surface area contributed by atoms with Crippen LogP contribution in [0, 0.1) is 28.6 Å². The molecule has 0 amide bonds. The van der Waals surface area contributed by atoms with Gasteiger partial charge in [0.2, 0.25) is 0 Å². The number of aliphatic carboxylic acids is 1. The van der Waals surface area contributed by atoms with Crippen LogP contribution in [0.5, 0.6) is 0 Å². The predicted molar refractivity (Wildman–Crippen MR) is 104 cm³/mol. The number of hydrogen-bond acceptors (Lipinski definition) is 4. The summed E-state index contributed by atoms with van der Waals surface area (Å²) in [6.45, 7) is 10.2. The van der Waals surface area contributed by atoms with Gasteiger partial charge >= 0.3 is 11.9 Å². The van der Waals surface area contributed by atoms with E-state index in [0.29, 0.717) is 12.3 Å². The molecule has 5 nitrogen and oxygen atoms in total. The van der Waals surface area contributed by atoms with Crippen molar-refractivity contribution in [2.45, 2.75) is 79.2 Å². The van der Waals surface area contributed by atoms with Gasteiger partial charge in [-0.05, 0) is 62.2 Å². The molecule has 1 fully saturated rings. The van der Waals surface area contributed by atoms with Gasteiger partial charge in [0.15, 0.2) is 0 Å². The standard InChI is InChI=1S/C22H36O5/c1-14(12-20(25)26)6-8-17-15(2)7-9-18-21(17,4)11-10-19(24)22(18,5)13-27-16(3)23/h7,14,17-19,24H,6,8-13H2,1-5H3,(H,25,26). The van der Waals surface area contributed by atoms with Crippen LogP contribution in [0.3, 0.4) is 0 Å². The zero-order valence-corrected chi connectivity index (χ0v) is 17.5. The fourth-order valence-corrected chi connectivity index (χ4v) is 5.72. The van der Waals surface area contributed by atoms with Crippen molar-refractivity contribution in [3.63, 3.8) is 0 Å². The third-order valence-corrected chi connectivity index (χ3v) is 7.39. The molecule has 0 aromatic heterocycles. The summed E-state index contributed by atoms with van der Waals surface area (Å²) in [5, 5.41) is 19.8. The van der Waals surface area contributed by atoms with E-state index < -0.39 is 17.5 Å². The summed E-state index contributed by atoms with van der Waals surface area (Å²) < 4.78 is 5.37. The first-order chi connectivity index (χ1) is 12.5. The van der Waals surface area contributed by atoms with Gasteiger partial charge in [0.05, 0.1) is 12.7 Å². The molecule has 0 saturated heterocycles. The predicted octanol–water partition coefficient (Wildman–Crippen LogP) is 4.19. The van der Waals surface area contributed by atoms with Crippen molar-refractivity contribution >= 4 is 11.9 Å². The molecule has 6 unspecified atom stereocenters. The number of aliphatic hydroxyl groups is 1. The maximum atomic E-state index is 11.4. The first-order valence-electron chi connectivity index (χ1n) is 10.2. The summed E-state index contributed by atoms with van der Waals surface area (Å²) in [6, 6.07) is 0. The van der Waals surface area contributed by atoms with Crippen LogP contribution in [0.15, 0.2) is 11.6 Å². The lowest BCUT2D eigenvalue weighted by Crippen LogP contribution is -2.57. The van der Waals surface area contributed by atoms with Gasteiger partial charge in [-0.25, -0.2) is 0 Å². The second-order valence-corrected chi connectivity index (χ2v) is 9.42. The number of esters is 1. The largest absolute Gasteiger partial charge is 0.481 e. The molecule has 2 aliphatic carbocycles. The Morgan fingerprint density at radius 3 is 2.63 bits per heavy atom. The summed E-state index contributed by atoms with van der Waals surface area (Å²) in [5.41, 5.74) is 0.943. The Balaban J connectivity index is 2.23. The van der Waals surface area contributed by atoms with Crippen molar-refractivity contribution in [1.82, 2.24) is 0 Å². The number of ether oxygens (including phenoxy) is 1. The van der Waals surface area contributed by atoms with Crippen molar-refractivity contribution < 1.29 is 24.5 Å². The third kappa shape index (κ3) is 4.56. The Bertz CT molecular complexity index is 598. The second kappa shape index (κ2) is 8.34. The smallest absolute Gasteiger partial charge is 0.303 e. The monoisotopic (exact) mass is 380 g/mol. The molecular formula is C22H36O5. The van der Waals surface area contributed by atoms with Crippen molar-refractivity contribution in [1.29, 1.82) is 0 Å². The number of carbonyl (C=O) groups excluding carboxylic acids is 1. The van der Waals surface area contributed by atoms with Crippen LogP contribution in [0.4, 0.5) is 0 Å². The topological polar surface area (TPSA) is 83.8 Å². The Morgan fingerprint density at radius 2 is 2.04 bits per heavy atom. The fraction of sp³-hybridized carbons (Fsp3) is 0.818. The molecule has 0 heterocycles. The lowest BCUT2D eigenvalue weighted by atomic mass is 9.47. The number of allylic oxidation sites excluding steroid dienone is 2. The number of carboxylic acids is 1. The Kier molecular flexibility index (Phi) is 6.77. The van der Waals surface area contributed by atoms with Crippen LogP contribution < -0.4 is 0 Å². The summed E-state index contributed by atoms with van der Waals surface area (Å²) in [4.78, 5) is 22.4. The maximum absolute atomic E-state index is 11.4. The molecule has 0 spiro atoms. The van der Waals surface area contributed by atoms with Crippen LogP contribution in [0.2, 0.25) is 0 Å². The quantitative estimate of drug-likeness (QED) is 0.511. The van der Waals surface area contributed by atoms with Gasteiger partial charge in [-0.3, -0.25) is 9.59 Å². The van der Waals surface area contributed by atoms with Gasteiger partial charge < -0.3 is 14.9 Å². The first kappa shape index (κ1) is 21.9.